The maximum Gasteiger partial charge on any atom is 0.241 e. The number of hydrogen-bond acceptors (Lipinski definition) is 8. The Hall–Kier alpha value is -4.94. The van der Waals surface area contributed by atoms with Crippen molar-refractivity contribution in [1.82, 2.24) is 34.9 Å². The number of nitrogens with zero attached hydrogens (tertiary/aromatic N) is 6. The average Bonchev–Trinajstić information content (AvgIpc) is 3.79. The van der Waals surface area contributed by atoms with Gasteiger partial charge in [-0.3, -0.25) is 24.6 Å². The molecule has 50 heavy (non-hydrogen) atoms. The molecule has 3 aliphatic rings. The van der Waals surface area contributed by atoms with Crippen LogP contribution in [0.15, 0.2) is 79.3 Å². The zero-order valence-electron chi connectivity index (χ0n) is 27.7. The number of rotatable bonds is 9. The number of pyridine rings is 1. The Balaban J connectivity index is 0.894. The predicted molar refractivity (Wildman–Crippen MR) is 194 cm³/mol. The predicted octanol–water partition coefficient (Wildman–Crippen LogP) is 6.16. The molecular weight excluding hydrogens is 652 g/mol. The molecule has 1 saturated carbocycles. The number of aromatic nitrogens is 5. The van der Waals surface area contributed by atoms with Gasteiger partial charge in [-0.05, 0) is 80.0 Å². The Morgan fingerprint density at radius 1 is 1.02 bits per heavy atom. The number of amides is 2. The van der Waals surface area contributed by atoms with Crippen molar-refractivity contribution < 1.29 is 14.0 Å². The standard InChI is InChI=1S/C38H37FN8O2S/c1-50-38(37(49)43-28-6-8-32-30(21-28)35(45-44-32)26-9-15-40-33(20-26)25-3-4-25)12-18-46(23-38)22-34(48)47-16-10-24(11-17-47)29-7-5-27(19-31(29)39)36-41-13-2-14-42-36/h2,5-10,13-15,19-21,25H,3-4,11-12,16-18,22-23H2,1H3,(H,43,49)(H,44,45)/t38-/m0/s1. The Kier molecular flexibility index (Phi) is 8.65. The highest BCUT2D eigenvalue weighted by atomic mass is 32.2. The second kappa shape index (κ2) is 13.4. The number of likely N-dealkylation sites (tertiary alicyclic amines) is 1. The highest BCUT2D eigenvalue weighted by Gasteiger charge is 2.45. The van der Waals surface area contributed by atoms with Gasteiger partial charge in [0.05, 0.1) is 12.1 Å². The van der Waals surface area contributed by atoms with E-state index in [0.717, 1.165) is 33.4 Å². The number of fused-ring (bicyclic) bond motifs is 1. The molecule has 1 atom stereocenters. The molecule has 2 aromatic carbocycles. The minimum Gasteiger partial charge on any atom is -0.338 e. The van der Waals surface area contributed by atoms with Crippen LogP contribution in [0.4, 0.5) is 10.1 Å². The first-order chi connectivity index (χ1) is 24.4. The van der Waals surface area contributed by atoms with E-state index in [9.17, 15) is 9.59 Å². The molecule has 2 N–H and O–H groups in total. The summed E-state index contributed by atoms with van der Waals surface area (Å²) in [7, 11) is 0. The third kappa shape index (κ3) is 6.40. The molecule has 5 heterocycles. The van der Waals surface area contributed by atoms with Gasteiger partial charge in [-0.1, -0.05) is 18.2 Å². The fourth-order valence-corrected chi connectivity index (χ4v) is 7.83. The molecule has 8 rings (SSSR count). The van der Waals surface area contributed by atoms with Gasteiger partial charge in [0.1, 0.15) is 16.3 Å². The highest BCUT2D eigenvalue weighted by molar-refractivity contribution is 8.00. The molecule has 2 aliphatic heterocycles. The Bertz CT molecular complexity index is 2120. The summed E-state index contributed by atoms with van der Waals surface area (Å²) in [5.74, 6) is 0.632. The Morgan fingerprint density at radius 3 is 2.64 bits per heavy atom. The number of halogens is 1. The van der Waals surface area contributed by atoms with Crippen LogP contribution in [0.3, 0.4) is 0 Å². The summed E-state index contributed by atoms with van der Waals surface area (Å²) in [5.41, 5.74) is 6.60. The summed E-state index contributed by atoms with van der Waals surface area (Å²) in [6.45, 7) is 2.28. The van der Waals surface area contributed by atoms with Gasteiger partial charge in [0, 0.05) is 84.1 Å². The molecule has 254 valence electrons. The summed E-state index contributed by atoms with van der Waals surface area (Å²) in [5, 5.41) is 11.8. The van der Waals surface area contributed by atoms with E-state index < -0.39 is 4.75 Å². The van der Waals surface area contributed by atoms with Crippen molar-refractivity contribution in [3.63, 3.8) is 0 Å². The first kappa shape index (κ1) is 32.3. The molecular formula is C38H37FN8O2S. The maximum absolute atomic E-state index is 15.1. The SMILES string of the molecule is CS[C@@]1(C(=O)Nc2ccc3[nH]nc(-c4ccnc(C5CC5)c4)c3c2)CCN(CC(=O)N2CC=C(c3ccc(-c4ncccn4)cc3F)CC2)C1. The van der Waals surface area contributed by atoms with E-state index in [4.69, 9.17) is 0 Å². The number of anilines is 1. The molecule has 12 heteroatoms. The Morgan fingerprint density at radius 2 is 1.88 bits per heavy atom. The molecule has 0 unspecified atom stereocenters. The number of H-pyrrole nitrogens is 1. The zero-order chi connectivity index (χ0) is 34.2. The van der Waals surface area contributed by atoms with Crippen LogP contribution in [0.1, 0.15) is 42.9 Å². The van der Waals surface area contributed by atoms with Crippen LogP contribution in [0, 0.1) is 5.82 Å². The lowest BCUT2D eigenvalue weighted by Crippen LogP contribution is -2.45. The number of carbonyl (C=O) groups is 2. The van der Waals surface area contributed by atoms with Crippen LogP contribution in [0.25, 0.3) is 39.1 Å². The first-order valence-electron chi connectivity index (χ1n) is 17.0. The first-order valence-corrected chi connectivity index (χ1v) is 18.2. The molecule has 2 amide bonds. The second-order valence-electron chi connectivity index (χ2n) is 13.3. The third-order valence-corrected chi connectivity index (χ3v) is 11.3. The fourth-order valence-electron chi connectivity index (χ4n) is 6.99. The van der Waals surface area contributed by atoms with Crippen molar-refractivity contribution >= 4 is 45.7 Å². The van der Waals surface area contributed by atoms with Gasteiger partial charge in [-0.15, -0.1) is 11.8 Å². The van der Waals surface area contributed by atoms with Crippen molar-refractivity contribution in [3.8, 4) is 22.6 Å². The van der Waals surface area contributed by atoms with Crippen molar-refractivity contribution in [2.24, 2.45) is 0 Å². The van der Waals surface area contributed by atoms with Crippen LogP contribution in [0.5, 0.6) is 0 Å². The topological polar surface area (TPSA) is 120 Å². The minimum atomic E-state index is -0.678. The second-order valence-corrected chi connectivity index (χ2v) is 14.5. The van der Waals surface area contributed by atoms with Crippen LogP contribution in [-0.2, 0) is 9.59 Å². The van der Waals surface area contributed by atoms with E-state index in [-0.39, 0.29) is 24.2 Å². The molecule has 10 nitrogen and oxygen atoms in total. The average molecular weight is 689 g/mol. The lowest BCUT2D eigenvalue weighted by molar-refractivity contribution is -0.132. The van der Waals surface area contributed by atoms with E-state index in [1.165, 1.54) is 30.7 Å². The summed E-state index contributed by atoms with van der Waals surface area (Å²) in [6, 6.07) is 16.7. The number of hydrogen-bond donors (Lipinski definition) is 2. The summed E-state index contributed by atoms with van der Waals surface area (Å²) in [4.78, 5) is 44.0. The van der Waals surface area contributed by atoms with Gasteiger partial charge in [-0.2, -0.15) is 5.10 Å². The van der Waals surface area contributed by atoms with E-state index in [0.29, 0.717) is 67.6 Å². The van der Waals surface area contributed by atoms with Crippen LogP contribution in [0.2, 0.25) is 0 Å². The number of aromatic amines is 1. The van der Waals surface area contributed by atoms with Crippen molar-refractivity contribution in [2.45, 2.75) is 36.3 Å². The molecule has 1 saturated heterocycles. The minimum absolute atomic E-state index is 0.00792. The highest BCUT2D eigenvalue weighted by Crippen LogP contribution is 2.41. The molecule has 0 spiro atoms. The zero-order valence-corrected chi connectivity index (χ0v) is 28.5. The van der Waals surface area contributed by atoms with Crippen molar-refractivity contribution in [2.75, 3.05) is 44.3 Å². The number of thioether (sulfide) groups is 1. The summed E-state index contributed by atoms with van der Waals surface area (Å²) < 4.78 is 14.4. The number of nitrogens with one attached hydrogen (secondary N) is 2. The quantitative estimate of drug-likeness (QED) is 0.189. The van der Waals surface area contributed by atoms with E-state index in [1.807, 2.05) is 48.9 Å². The monoisotopic (exact) mass is 688 g/mol. The van der Waals surface area contributed by atoms with Crippen LogP contribution < -0.4 is 5.32 Å². The van der Waals surface area contributed by atoms with Gasteiger partial charge in [0.2, 0.25) is 11.8 Å². The van der Waals surface area contributed by atoms with E-state index >= 15 is 4.39 Å². The van der Waals surface area contributed by atoms with Crippen LogP contribution in [-0.4, -0.2) is 90.5 Å². The smallest absolute Gasteiger partial charge is 0.241 e. The molecule has 0 bridgehead atoms. The van der Waals surface area contributed by atoms with Gasteiger partial charge < -0.3 is 10.2 Å². The van der Waals surface area contributed by atoms with Gasteiger partial charge in [0.15, 0.2) is 5.82 Å². The van der Waals surface area contributed by atoms with E-state index in [1.54, 1.807) is 29.4 Å². The summed E-state index contributed by atoms with van der Waals surface area (Å²) >= 11 is 1.53. The Labute approximate surface area is 293 Å². The maximum atomic E-state index is 15.1. The number of carbonyl (C=O) groups excluding carboxylic acids is 2. The van der Waals surface area contributed by atoms with Gasteiger partial charge in [0.25, 0.3) is 0 Å². The largest absolute Gasteiger partial charge is 0.338 e. The van der Waals surface area contributed by atoms with E-state index in [2.05, 4.69) is 41.4 Å². The number of benzene rings is 2. The third-order valence-electron chi connectivity index (χ3n) is 10.0. The lowest BCUT2D eigenvalue weighted by atomic mass is 9.97. The molecule has 2 fully saturated rings. The normalized spacial score (nSPS) is 19.5. The van der Waals surface area contributed by atoms with Crippen molar-refractivity contribution in [3.05, 3.63) is 96.3 Å². The van der Waals surface area contributed by atoms with Gasteiger partial charge in [-0.25, -0.2) is 14.4 Å². The fraction of sp³-hybridized carbons (Fsp3) is 0.316. The molecule has 3 aromatic heterocycles. The summed E-state index contributed by atoms with van der Waals surface area (Å²) in [6.07, 6.45) is 12.6. The van der Waals surface area contributed by atoms with Crippen LogP contribution >= 0.6 is 11.8 Å². The molecule has 0 radical (unpaired) electrons. The van der Waals surface area contributed by atoms with Crippen molar-refractivity contribution in [1.29, 1.82) is 0 Å². The lowest BCUT2D eigenvalue weighted by Gasteiger charge is -2.30. The van der Waals surface area contributed by atoms with Gasteiger partial charge >= 0.3 is 0 Å². The molecule has 5 aromatic rings. The molecule has 1 aliphatic carbocycles.